The monoisotopic (exact) mass is 479 g/mol. The van der Waals surface area contributed by atoms with Gasteiger partial charge in [-0.25, -0.2) is 0 Å². The summed E-state index contributed by atoms with van der Waals surface area (Å²) in [7, 11) is 3.55. The zero-order valence-corrected chi connectivity index (χ0v) is 18.9. The molecule has 26 heavy (non-hydrogen) atoms. The van der Waals surface area contributed by atoms with Crippen LogP contribution in [0.1, 0.15) is 24.2 Å². The number of nitrogens with zero attached hydrogens (tertiary/aromatic N) is 4. The van der Waals surface area contributed by atoms with E-state index in [1.165, 1.54) is 5.69 Å². The molecular weight excluding hydrogens is 445 g/mol. The second-order valence-electron chi connectivity index (χ2n) is 6.65. The summed E-state index contributed by atoms with van der Waals surface area (Å²) in [5.41, 5.74) is 2.30. The molecule has 0 radical (unpaired) electrons. The summed E-state index contributed by atoms with van der Waals surface area (Å²) < 4.78 is 12.7. The number of aryl methyl sites for hydroxylation is 3. The van der Waals surface area contributed by atoms with E-state index in [0.29, 0.717) is 19.1 Å². The predicted octanol–water partition coefficient (Wildman–Crippen LogP) is 2.07. The maximum atomic E-state index is 5.66. The first-order chi connectivity index (χ1) is 12.1. The third-order valence-corrected chi connectivity index (χ3v) is 4.52. The molecule has 150 valence electrons. The van der Waals surface area contributed by atoms with Gasteiger partial charge in [0, 0.05) is 51.9 Å². The van der Waals surface area contributed by atoms with Crippen molar-refractivity contribution in [2.24, 2.45) is 10.9 Å². The van der Waals surface area contributed by atoms with E-state index in [9.17, 15) is 0 Å². The molecule has 0 amide bonds. The van der Waals surface area contributed by atoms with Gasteiger partial charge >= 0.3 is 0 Å². The van der Waals surface area contributed by atoms with E-state index in [1.807, 2.05) is 14.0 Å². The third-order valence-electron chi connectivity index (χ3n) is 4.52. The molecule has 1 saturated heterocycles. The lowest BCUT2D eigenvalue weighted by molar-refractivity contribution is 0.0536. The first-order valence-corrected chi connectivity index (χ1v) is 9.17. The van der Waals surface area contributed by atoms with E-state index in [0.717, 1.165) is 57.3 Å². The van der Waals surface area contributed by atoms with Crippen molar-refractivity contribution in [2.45, 2.75) is 33.2 Å². The number of hydrogen-bond acceptors (Lipinski definition) is 4. The van der Waals surface area contributed by atoms with E-state index >= 15 is 0 Å². The summed E-state index contributed by atoms with van der Waals surface area (Å²) >= 11 is 0. The minimum absolute atomic E-state index is 0. The first-order valence-electron chi connectivity index (χ1n) is 9.17. The maximum absolute atomic E-state index is 5.66. The van der Waals surface area contributed by atoms with E-state index in [1.54, 1.807) is 7.11 Å². The molecule has 1 aliphatic heterocycles. The second-order valence-corrected chi connectivity index (χ2v) is 6.65. The number of nitrogens with one attached hydrogen (secondary N) is 1. The lowest BCUT2D eigenvalue weighted by atomic mass is 10.1. The van der Waals surface area contributed by atoms with Gasteiger partial charge in [-0.3, -0.25) is 9.67 Å². The Bertz CT molecular complexity index is 550. The van der Waals surface area contributed by atoms with Gasteiger partial charge in [-0.1, -0.05) is 0 Å². The fourth-order valence-electron chi connectivity index (χ4n) is 3.22. The normalized spacial score (nSPS) is 17.5. The summed E-state index contributed by atoms with van der Waals surface area (Å²) in [4.78, 5) is 6.76. The van der Waals surface area contributed by atoms with Crippen molar-refractivity contribution in [1.82, 2.24) is 20.0 Å². The smallest absolute Gasteiger partial charge is 0.193 e. The molecule has 2 rings (SSSR count). The Balaban J connectivity index is 0.00000338. The Morgan fingerprint density at radius 1 is 1.38 bits per heavy atom. The maximum Gasteiger partial charge on any atom is 0.193 e. The Morgan fingerprint density at radius 2 is 2.19 bits per heavy atom. The largest absolute Gasteiger partial charge is 0.382 e. The van der Waals surface area contributed by atoms with Crippen LogP contribution in [0.2, 0.25) is 0 Å². The van der Waals surface area contributed by atoms with Crippen LogP contribution in [0, 0.1) is 19.8 Å². The minimum Gasteiger partial charge on any atom is -0.382 e. The quantitative estimate of drug-likeness (QED) is 0.254. The van der Waals surface area contributed by atoms with Crippen molar-refractivity contribution in [3.8, 4) is 0 Å². The number of rotatable bonds is 9. The van der Waals surface area contributed by atoms with Crippen molar-refractivity contribution in [2.75, 3.05) is 53.6 Å². The molecule has 1 aromatic heterocycles. The lowest BCUT2D eigenvalue weighted by Crippen LogP contribution is -2.40. The lowest BCUT2D eigenvalue weighted by Gasteiger charge is -2.21. The van der Waals surface area contributed by atoms with Crippen molar-refractivity contribution < 1.29 is 9.47 Å². The zero-order valence-electron chi connectivity index (χ0n) is 16.5. The van der Waals surface area contributed by atoms with Gasteiger partial charge in [0.2, 0.25) is 0 Å². The molecule has 1 unspecified atom stereocenters. The van der Waals surface area contributed by atoms with E-state index in [2.05, 4.69) is 38.0 Å². The average molecular weight is 479 g/mol. The van der Waals surface area contributed by atoms with E-state index < -0.39 is 0 Å². The molecule has 1 atom stereocenters. The zero-order chi connectivity index (χ0) is 18.1. The van der Waals surface area contributed by atoms with Gasteiger partial charge in [-0.2, -0.15) is 5.10 Å². The average Bonchev–Trinajstić information content (AvgIpc) is 3.18. The van der Waals surface area contributed by atoms with Gasteiger partial charge in [-0.15, -0.1) is 24.0 Å². The summed E-state index contributed by atoms with van der Waals surface area (Å²) in [6.07, 6.45) is 2.18. The Hall–Kier alpha value is -0.870. The molecule has 0 bridgehead atoms. The van der Waals surface area contributed by atoms with Crippen molar-refractivity contribution in [1.29, 1.82) is 0 Å². The van der Waals surface area contributed by atoms with Crippen LogP contribution in [0.5, 0.6) is 0 Å². The van der Waals surface area contributed by atoms with Crippen LogP contribution < -0.4 is 5.32 Å². The molecule has 1 aliphatic rings. The van der Waals surface area contributed by atoms with Crippen molar-refractivity contribution in [3.05, 3.63) is 17.5 Å². The minimum atomic E-state index is 0. The number of aromatic nitrogens is 2. The topological polar surface area (TPSA) is 63.9 Å². The number of ether oxygens (including phenoxy) is 2. The predicted molar refractivity (Wildman–Crippen MR) is 115 cm³/mol. The van der Waals surface area contributed by atoms with Gasteiger partial charge < -0.3 is 19.7 Å². The number of likely N-dealkylation sites (tertiary alicyclic amines) is 1. The van der Waals surface area contributed by atoms with Crippen LogP contribution in [0.3, 0.4) is 0 Å². The van der Waals surface area contributed by atoms with Gasteiger partial charge in [0.05, 0.1) is 25.5 Å². The second kappa shape index (κ2) is 12.5. The van der Waals surface area contributed by atoms with Crippen molar-refractivity contribution >= 4 is 29.9 Å². The Morgan fingerprint density at radius 3 is 2.85 bits per heavy atom. The number of methoxy groups -OCH3 is 1. The van der Waals surface area contributed by atoms with Gasteiger partial charge in [0.15, 0.2) is 5.96 Å². The van der Waals surface area contributed by atoms with Crippen molar-refractivity contribution in [3.63, 3.8) is 0 Å². The Kier molecular flexibility index (Phi) is 11.1. The standard InChI is InChI=1S/C18H33N5O2.HI/c1-15-12-16(2)23(21-15)8-5-7-20-18(19-3)22-9-6-17(13-22)14-25-11-10-24-4;/h12,17H,5-11,13-14H2,1-4H3,(H,19,20);1H. The third kappa shape index (κ3) is 7.40. The van der Waals surface area contributed by atoms with Crippen LogP contribution in [-0.4, -0.2) is 74.3 Å². The SMILES string of the molecule is CN=C(NCCCn1nc(C)cc1C)N1CCC(COCCOC)C1.I. The molecule has 0 saturated carbocycles. The van der Waals surface area contributed by atoms with Gasteiger partial charge in [-0.05, 0) is 32.8 Å². The molecule has 1 N–H and O–H groups in total. The highest BCUT2D eigenvalue weighted by molar-refractivity contribution is 14.0. The number of halogens is 1. The first kappa shape index (κ1) is 23.2. The number of aliphatic imine (C=N–C) groups is 1. The van der Waals surface area contributed by atoms with Crippen LogP contribution in [0.25, 0.3) is 0 Å². The van der Waals surface area contributed by atoms with Crippen LogP contribution in [0.4, 0.5) is 0 Å². The molecule has 1 fully saturated rings. The molecule has 0 aliphatic carbocycles. The summed E-state index contributed by atoms with van der Waals surface area (Å²) in [5, 5.41) is 7.98. The fraction of sp³-hybridized carbons (Fsp3) is 0.778. The summed E-state index contributed by atoms with van der Waals surface area (Å²) in [6, 6.07) is 2.12. The van der Waals surface area contributed by atoms with Crippen LogP contribution in [-0.2, 0) is 16.0 Å². The highest BCUT2D eigenvalue weighted by atomic mass is 127. The highest BCUT2D eigenvalue weighted by Crippen LogP contribution is 2.16. The fourth-order valence-corrected chi connectivity index (χ4v) is 3.22. The number of guanidine groups is 1. The van der Waals surface area contributed by atoms with Crippen LogP contribution in [0.15, 0.2) is 11.1 Å². The number of hydrogen-bond donors (Lipinski definition) is 1. The van der Waals surface area contributed by atoms with E-state index in [-0.39, 0.29) is 24.0 Å². The molecular formula is C18H34IN5O2. The molecule has 0 aromatic carbocycles. The summed E-state index contributed by atoms with van der Waals surface area (Å²) in [5.74, 6) is 1.57. The molecule has 8 heteroatoms. The summed E-state index contributed by atoms with van der Waals surface area (Å²) in [6.45, 7) is 10.1. The van der Waals surface area contributed by atoms with Gasteiger partial charge in [0.1, 0.15) is 0 Å². The molecule has 0 spiro atoms. The van der Waals surface area contributed by atoms with Crippen LogP contribution >= 0.6 is 24.0 Å². The molecule has 1 aromatic rings. The Labute approximate surface area is 174 Å². The van der Waals surface area contributed by atoms with Gasteiger partial charge in [0.25, 0.3) is 0 Å². The molecule has 2 heterocycles. The van der Waals surface area contributed by atoms with E-state index in [4.69, 9.17) is 9.47 Å². The molecule has 7 nitrogen and oxygen atoms in total. The highest BCUT2D eigenvalue weighted by Gasteiger charge is 2.24.